The summed E-state index contributed by atoms with van der Waals surface area (Å²) in [5.41, 5.74) is 3.38. The number of hydrogen-bond acceptors (Lipinski definition) is 4. The number of benzene rings is 2. The lowest BCUT2D eigenvalue weighted by molar-refractivity contribution is 0.475. The van der Waals surface area contributed by atoms with Crippen LogP contribution in [0.25, 0.3) is 28.2 Å². The molecule has 0 aliphatic rings. The molecule has 6 nitrogen and oxygen atoms in total. The van der Waals surface area contributed by atoms with Gasteiger partial charge in [-0.05, 0) is 29.7 Å². The number of H-pyrrole nitrogens is 1. The Hall–Kier alpha value is -3.41. The van der Waals surface area contributed by atoms with Crippen molar-refractivity contribution in [3.8, 4) is 22.8 Å². The molecule has 0 aliphatic carbocycles. The highest BCUT2D eigenvalue weighted by Gasteiger charge is 2.16. The van der Waals surface area contributed by atoms with Crippen LogP contribution >= 0.6 is 0 Å². The van der Waals surface area contributed by atoms with Crippen molar-refractivity contribution in [1.82, 2.24) is 19.5 Å². The average molecular weight is 346 g/mol. The molecule has 6 heteroatoms. The van der Waals surface area contributed by atoms with Crippen LogP contribution in [0, 0.1) is 0 Å². The first-order chi connectivity index (χ1) is 12.5. The van der Waals surface area contributed by atoms with Crippen LogP contribution in [-0.4, -0.2) is 24.6 Å². The van der Waals surface area contributed by atoms with Gasteiger partial charge in [0.25, 0.3) is 0 Å². The molecule has 0 spiro atoms. The third-order valence-corrected chi connectivity index (χ3v) is 4.33. The van der Waals surface area contributed by atoms with Crippen molar-refractivity contribution in [1.29, 1.82) is 0 Å². The third kappa shape index (κ3) is 2.65. The maximum atomic E-state index is 12.6. The van der Waals surface area contributed by atoms with E-state index in [0.717, 1.165) is 11.3 Å². The summed E-state index contributed by atoms with van der Waals surface area (Å²) in [6, 6.07) is 14.5. The van der Waals surface area contributed by atoms with Crippen LogP contribution in [0.15, 0.2) is 59.5 Å². The molecular formula is C20H18N4O2. The number of nitrogens with zero attached hydrogens (tertiary/aromatic N) is 3. The largest absolute Gasteiger partial charge is 0.508 e. The van der Waals surface area contributed by atoms with E-state index < -0.39 is 0 Å². The number of aromatic nitrogens is 4. The van der Waals surface area contributed by atoms with Gasteiger partial charge in [0.1, 0.15) is 11.3 Å². The molecule has 4 rings (SSSR count). The number of para-hydroxylation sites is 1. The molecule has 2 aromatic heterocycles. The Kier molecular flexibility index (Phi) is 3.80. The summed E-state index contributed by atoms with van der Waals surface area (Å²) in [6.07, 6.45) is 1.59. The van der Waals surface area contributed by atoms with Gasteiger partial charge >= 0.3 is 5.69 Å². The van der Waals surface area contributed by atoms with Crippen molar-refractivity contribution in [2.75, 3.05) is 0 Å². The molecule has 0 aliphatic heterocycles. The van der Waals surface area contributed by atoms with Gasteiger partial charge in [-0.25, -0.2) is 19.3 Å². The van der Waals surface area contributed by atoms with Crippen LogP contribution < -0.4 is 5.69 Å². The number of nitrogens with one attached hydrogen (secondary N) is 1. The van der Waals surface area contributed by atoms with E-state index >= 15 is 0 Å². The van der Waals surface area contributed by atoms with Crippen LogP contribution in [-0.2, 0) is 0 Å². The molecule has 26 heavy (non-hydrogen) atoms. The third-order valence-electron chi connectivity index (χ3n) is 4.33. The zero-order valence-electron chi connectivity index (χ0n) is 14.5. The summed E-state index contributed by atoms with van der Waals surface area (Å²) in [4.78, 5) is 24.3. The van der Waals surface area contributed by atoms with Crippen LogP contribution in [0.1, 0.15) is 25.3 Å². The minimum absolute atomic E-state index is 0.141. The van der Waals surface area contributed by atoms with Gasteiger partial charge in [-0.3, -0.25) is 0 Å². The summed E-state index contributed by atoms with van der Waals surface area (Å²) in [7, 11) is 0. The fourth-order valence-electron chi connectivity index (χ4n) is 3.09. The molecule has 0 saturated heterocycles. The van der Waals surface area contributed by atoms with Gasteiger partial charge in [0.15, 0.2) is 11.5 Å². The van der Waals surface area contributed by atoms with E-state index in [-0.39, 0.29) is 17.4 Å². The molecule has 130 valence electrons. The maximum Gasteiger partial charge on any atom is 0.332 e. The first-order valence-corrected chi connectivity index (χ1v) is 8.41. The quantitative estimate of drug-likeness (QED) is 0.593. The summed E-state index contributed by atoms with van der Waals surface area (Å²) in [5.74, 6) is 0.849. The number of phenolic OH excluding ortho intramolecular Hbond substituents is 1. The van der Waals surface area contributed by atoms with Crippen molar-refractivity contribution >= 4 is 11.2 Å². The second kappa shape index (κ2) is 6.15. The molecule has 0 saturated carbocycles. The second-order valence-corrected chi connectivity index (χ2v) is 6.46. The van der Waals surface area contributed by atoms with Crippen LogP contribution in [0.3, 0.4) is 0 Å². The molecule has 4 aromatic rings. The van der Waals surface area contributed by atoms with E-state index in [2.05, 4.69) is 28.8 Å². The smallest absolute Gasteiger partial charge is 0.332 e. The number of hydrogen-bond donors (Lipinski definition) is 2. The maximum absolute atomic E-state index is 12.6. The minimum atomic E-state index is -0.254. The number of rotatable bonds is 3. The van der Waals surface area contributed by atoms with Crippen molar-refractivity contribution in [3.63, 3.8) is 0 Å². The predicted molar refractivity (Wildman–Crippen MR) is 101 cm³/mol. The van der Waals surface area contributed by atoms with E-state index in [9.17, 15) is 9.90 Å². The Morgan fingerprint density at radius 2 is 1.92 bits per heavy atom. The van der Waals surface area contributed by atoms with Crippen molar-refractivity contribution < 1.29 is 5.11 Å². The van der Waals surface area contributed by atoms with Gasteiger partial charge in [0.05, 0.1) is 11.9 Å². The minimum Gasteiger partial charge on any atom is -0.508 e. The van der Waals surface area contributed by atoms with Gasteiger partial charge in [0, 0.05) is 5.56 Å². The number of fused-ring (bicyclic) bond motifs is 1. The molecule has 0 fully saturated rings. The summed E-state index contributed by atoms with van der Waals surface area (Å²) in [5, 5.41) is 9.70. The average Bonchev–Trinajstić information content (AvgIpc) is 2.96. The Morgan fingerprint density at radius 1 is 1.12 bits per heavy atom. The zero-order chi connectivity index (χ0) is 18.3. The monoisotopic (exact) mass is 346 g/mol. The van der Waals surface area contributed by atoms with E-state index in [4.69, 9.17) is 0 Å². The highest BCUT2D eigenvalue weighted by atomic mass is 16.3. The molecule has 2 N–H and O–H groups in total. The Labute approximate surface area is 149 Å². The lowest BCUT2D eigenvalue weighted by atomic mass is 10.0. The molecule has 0 unspecified atom stereocenters. The Morgan fingerprint density at radius 3 is 2.69 bits per heavy atom. The van der Waals surface area contributed by atoms with E-state index in [1.807, 2.05) is 30.3 Å². The highest BCUT2D eigenvalue weighted by Crippen LogP contribution is 2.25. The number of aromatic hydroxyl groups is 1. The lowest BCUT2D eigenvalue weighted by Gasteiger charge is -2.13. The van der Waals surface area contributed by atoms with Gasteiger partial charge < -0.3 is 10.1 Å². The first kappa shape index (κ1) is 16.1. The van der Waals surface area contributed by atoms with Crippen molar-refractivity contribution in [2.24, 2.45) is 0 Å². The molecular weight excluding hydrogens is 328 g/mol. The molecule has 2 aromatic carbocycles. The van der Waals surface area contributed by atoms with Crippen LogP contribution in [0.2, 0.25) is 0 Å². The predicted octanol–water partition coefficient (Wildman–Crippen LogP) is 3.60. The number of aromatic amines is 1. The molecule has 0 amide bonds. The van der Waals surface area contributed by atoms with Crippen molar-refractivity contribution in [3.05, 3.63) is 70.8 Å². The molecule has 0 radical (unpaired) electrons. The van der Waals surface area contributed by atoms with E-state index in [0.29, 0.717) is 22.6 Å². The normalized spacial score (nSPS) is 11.3. The van der Waals surface area contributed by atoms with E-state index in [1.54, 1.807) is 29.0 Å². The standard InChI is InChI=1S/C20H18N4O2/c1-12(2)15-8-3-4-9-17(15)24-19-16(22-20(24)26)11-21-18(23-19)13-6-5-7-14(25)10-13/h3-12,25H,1-2H3,(H,22,26). The first-order valence-electron chi connectivity index (χ1n) is 8.41. The number of imidazole rings is 1. The Balaban J connectivity index is 1.98. The second-order valence-electron chi connectivity index (χ2n) is 6.46. The Bertz CT molecular complexity index is 1160. The SMILES string of the molecule is CC(C)c1ccccc1-n1c(=O)[nH]c2cnc(-c3cccc(O)c3)nc21. The number of phenols is 1. The van der Waals surface area contributed by atoms with Gasteiger partial charge in [-0.2, -0.15) is 0 Å². The summed E-state index contributed by atoms with van der Waals surface area (Å²) < 4.78 is 1.58. The topological polar surface area (TPSA) is 83.8 Å². The fraction of sp³-hybridized carbons (Fsp3) is 0.150. The summed E-state index contributed by atoms with van der Waals surface area (Å²) in [6.45, 7) is 4.18. The lowest BCUT2D eigenvalue weighted by Crippen LogP contribution is -2.17. The molecule has 0 bridgehead atoms. The van der Waals surface area contributed by atoms with Gasteiger partial charge in [-0.1, -0.05) is 44.2 Å². The fourth-order valence-corrected chi connectivity index (χ4v) is 3.09. The zero-order valence-corrected chi connectivity index (χ0v) is 14.5. The van der Waals surface area contributed by atoms with E-state index in [1.165, 1.54) is 0 Å². The van der Waals surface area contributed by atoms with Crippen LogP contribution in [0.4, 0.5) is 0 Å². The molecule has 2 heterocycles. The molecule has 0 atom stereocenters. The highest BCUT2D eigenvalue weighted by molar-refractivity contribution is 5.75. The van der Waals surface area contributed by atoms with Gasteiger partial charge in [0.2, 0.25) is 0 Å². The van der Waals surface area contributed by atoms with Crippen molar-refractivity contribution in [2.45, 2.75) is 19.8 Å². The van der Waals surface area contributed by atoms with Gasteiger partial charge in [-0.15, -0.1) is 0 Å². The summed E-state index contributed by atoms with van der Waals surface area (Å²) >= 11 is 0. The van der Waals surface area contributed by atoms with Crippen LogP contribution in [0.5, 0.6) is 5.75 Å².